The van der Waals surface area contributed by atoms with E-state index in [4.69, 9.17) is 10.2 Å². The highest BCUT2D eigenvalue weighted by atomic mass is 16.4. The zero-order valence-corrected chi connectivity index (χ0v) is 6.36. The number of rotatable bonds is 1. The number of carboxylic acids is 1. The van der Waals surface area contributed by atoms with Gasteiger partial charge in [-0.25, -0.2) is 4.79 Å². The van der Waals surface area contributed by atoms with Crippen molar-refractivity contribution in [3.63, 3.8) is 0 Å². The fourth-order valence-electron chi connectivity index (χ4n) is 1.36. The van der Waals surface area contributed by atoms with Crippen LogP contribution in [0.3, 0.4) is 0 Å². The lowest BCUT2D eigenvalue weighted by molar-refractivity contribution is -0.168. The monoisotopic (exact) mass is 174 g/mol. The van der Waals surface area contributed by atoms with Gasteiger partial charge in [0.15, 0.2) is 5.60 Å². The molecule has 0 amide bonds. The van der Waals surface area contributed by atoms with Crippen molar-refractivity contribution in [2.45, 2.75) is 31.0 Å². The maximum Gasteiger partial charge on any atom is 0.336 e. The molecule has 0 aliphatic heterocycles. The highest BCUT2D eigenvalue weighted by molar-refractivity contribution is 5.89. The third kappa shape index (κ3) is 1.62. The van der Waals surface area contributed by atoms with E-state index in [1.165, 1.54) is 0 Å². The van der Waals surface area contributed by atoms with Crippen LogP contribution in [-0.4, -0.2) is 38.8 Å². The van der Waals surface area contributed by atoms with Crippen LogP contribution in [0.5, 0.6) is 0 Å². The number of ketones is 1. The molecule has 0 radical (unpaired) electrons. The van der Waals surface area contributed by atoms with Gasteiger partial charge in [-0.3, -0.25) is 4.79 Å². The van der Waals surface area contributed by atoms with Crippen LogP contribution in [-0.2, 0) is 9.59 Å². The van der Waals surface area contributed by atoms with E-state index in [1.807, 2.05) is 0 Å². The van der Waals surface area contributed by atoms with E-state index >= 15 is 0 Å². The molecule has 0 heterocycles. The highest BCUT2D eigenvalue weighted by Crippen LogP contribution is 2.26. The van der Waals surface area contributed by atoms with Crippen molar-refractivity contribution in [1.29, 1.82) is 0 Å². The number of hydrogen-bond donors (Lipinski definition) is 3. The lowest BCUT2D eigenvalue weighted by Gasteiger charge is -2.29. The summed E-state index contributed by atoms with van der Waals surface area (Å²) in [5.74, 6) is -1.87. The SMILES string of the molecule is O=C1CC(O)CC(O)(C(=O)O)C1. The molecule has 3 N–H and O–H groups in total. The minimum atomic E-state index is -2.06. The van der Waals surface area contributed by atoms with E-state index in [9.17, 15) is 14.7 Å². The van der Waals surface area contributed by atoms with Gasteiger partial charge in [0.05, 0.1) is 6.10 Å². The fourth-order valence-corrected chi connectivity index (χ4v) is 1.36. The normalized spacial score (nSPS) is 36.5. The summed E-state index contributed by atoms with van der Waals surface area (Å²) in [6, 6.07) is 0. The van der Waals surface area contributed by atoms with Gasteiger partial charge in [0, 0.05) is 19.3 Å². The lowest BCUT2D eigenvalue weighted by atomic mass is 9.82. The van der Waals surface area contributed by atoms with Crippen LogP contribution in [0, 0.1) is 0 Å². The summed E-state index contributed by atoms with van der Waals surface area (Å²) in [6.45, 7) is 0. The molecule has 5 nitrogen and oxygen atoms in total. The molecule has 68 valence electrons. The Balaban J connectivity index is 2.78. The van der Waals surface area contributed by atoms with E-state index in [-0.39, 0.29) is 12.8 Å². The fraction of sp³-hybridized carbons (Fsp3) is 0.714. The van der Waals surface area contributed by atoms with E-state index in [0.717, 1.165) is 0 Å². The summed E-state index contributed by atoms with van der Waals surface area (Å²) >= 11 is 0. The van der Waals surface area contributed by atoms with Crippen molar-refractivity contribution >= 4 is 11.8 Å². The second-order valence-corrected chi connectivity index (χ2v) is 3.11. The van der Waals surface area contributed by atoms with E-state index in [1.54, 1.807) is 0 Å². The van der Waals surface area contributed by atoms with Gasteiger partial charge in [-0.1, -0.05) is 0 Å². The number of aliphatic hydroxyl groups excluding tert-OH is 1. The molecule has 0 aromatic rings. The summed E-state index contributed by atoms with van der Waals surface area (Å²) in [4.78, 5) is 21.3. The molecule has 1 aliphatic rings. The van der Waals surface area contributed by atoms with Crippen LogP contribution in [0.2, 0.25) is 0 Å². The summed E-state index contributed by atoms with van der Waals surface area (Å²) in [5.41, 5.74) is -2.06. The number of carbonyl (C=O) groups excluding carboxylic acids is 1. The first-order valence-electron chi connectivity index (χ1n) is 3.59. The first kappa shape index (κ1) is 9.15. The standard InChI is InChI=1S/C7H10O5/c8-4-1-5(9)3-7(12,2-4)6(10)11/h4,8,12H,1-3H2,(H,10,11). The maximum absolute atomic E-state index is 10.8. The summed E-state index contributed by atoms with van der Waals surface area (Å²) in [6.07, 6.45) is -1.77. The van der Waals surface area contributed by atoms with Crippen LogP contribution in [0.15, 0.2) is 0 Å². The molecule has 1 aliphatic carbocycles. The highest BCUT2D eigenvalue weighted by Gasteiger charge is 2.44. The third-order valence-corrected chi connectivity index (χ3v) is 1.92. The molecule has 0 spiro atoms. The molecule has 1 rings (SSSR count). The molecule has 0 saturated heterocycles. The third-order valence-electron chi connectivity index (χ3n) is 1.92. The summed E-state index contributed by atoms with van der Waals surface area (Å²) < 4.78 is 0. The van der Waals surface area contributed by atoms with Crippen LogP contribution in [0.25, 0.3) is 0 Å². The van der Waals surface area contributed by atoms with Crippen molar-refractivity contribution in [3.05, 3.63) is 0 Å². The van der Waals surface area contributed by atoms with Gasteiger partial charge in [-0.2, -0.15) is 0 Å². The molecule has 2 atom stereocenters. The Morgan fingerprint density at radius 2 is 2.17 bits per heavy atom. The van der Waals surface area contributed by atoms with Gasteiger partial charge in [-0.05, 0) is 0 Å². The molecule has 0 bridgehead atoms. The summed E-state index contributed by atoms with van der Waals surface area (Å²) in [5, 5.41) is 26.8. The number of carboxylic acid groups (broad SMARTS) is 1. The number of carbonyl (C=O) groups is 2. The van der Waals surface area contributed by atoms with Gasteiger partial charge in [0.25, 0.3) is 0 Å². The number of hydrogen-bond acceptors (Lipinski definition) is 4. The van der Waals surface area contributed by atoms with Gasteiger partial charge in [0.1, 0.15) is 5.78 Å². The van der Waals surface area contributed by atoms with Gasteiger partial charge in [0.2, 0.25) is 0 Å². The smallest absolute Gasteiger partial charge is 0.336 e. The second kappa shape index (κ2) is 2.84. The quantitative estimate of drug-likeness (QED) is 0.469. The topological polar surface area (TPSA) is 94.8 Å². The van der Waals surface area contributed by atoms with E-state index in [0.29, 0.717) is 0 Å². The van der Waals surface area contributed by atoms with Crippen molar-refractivity contribution in [2.24, 2.45) is 0 Å². The van der Waals surface area contributed by atoms with Crippen molar-refractivity contribution in [2.75, 3.05) is 0 Å². The van der Waals surface area contributed by atoms with Gasteiger partial charge < -0.3 is 15.3 Å². The Hall–Kier alpha value is -0.940. The Labute approximate surface area is 68.6 Å². The zero-order chi connectivity index (χ0) is 9.35. The van der Waals surface area contributed by atoms with Crippen molar-refractivity contribution in [1.82, 2.24) is 0 Å². The molecule has 0 aromatic heterocycles. The Kier molecular flexibility index (Phi) is 2.16. The average molecular weight is 174 g/mol. The minimum absolute atomic E-state index is 0.0599. The maximum atomic E-state index is 10.8. The predicted octanol–water partition coefficient (Wildman–Crippen LogP) is -1.08. The second-order valence-electron chi connectivity index (χ2n) is 3.11. The molecule has 1 fully saturated rings. The van der Waals surface area contributed by atoms with Gasteiger partial charge in [-0.15, -0.1) is 0 Å². The van der Waals surface area contributed by atoms with E-state index < -0.39 is 29.9 Å². The minimum Gasteiger partial charge on any atom is -0.479 e. The first-order valence-corrected chi connectivity index (χ1v) is 3.59. The molecular formula is C7H10O5. The molecule has 5 heteroatoms. The van der Waals surface area contributed by atoms with Crippen LogP contribution in [0.4, 0.5) is 0 Å². The van der Waals surface area contributed by atoms with Gasteiger partial charge >= 0.3 is 5.97 Å². The Morgan fingerprint density at radius 3 is 2.58 bits per heavy atom. The molecule has 1 saturated carbocycles. The Morgan fingerprint density at radius 1 is 1.58 bits per heavy atom. The number of aliphatic carboxylic acids is 1. The first-order chi connectivity index (χ1) is 5.44. The van der Waals surface area contributed by atoms with Crippen molar-refractivity contribution < 1.29 is 24.9 Å². The van der Waals surface area contributed by atoms with Crippen LogP contribution >= 0.6 is 0 Å². The van der Waals surface area contributed by atoms with Crippen LogP contribution in [0.1, 0.15) is 19.3 Å². The van der Waals surface area contributed by atoms with E-state index in [2.05, 4.69) is 0 Å². The largest absolute Gasteiger partial charge is 0.479 e. The van der Waals surface area contributed by atoms with Crippen LogP contribution < -0.4 is 0 Å². The Bertz CT molecular complexity index is 224. The molecule has 2 unspecified atom stereocenters. The number of Topliss-reactive ketones (excluding diaryl/α,β-unsaturated/α-hetero) is 1. The average Bonchev–Trinajstić information content (AvgIpc) is 1.82. The lowest BCUT2D eigenvalue weighted by Crippen LogP contribution is -2.47. The predicted molar refractivity (Wildman–Crippen MR) is 37.5 cm³/mol. The molecule has 12 heavy (non-hydrogen) atoms. The molecule has 0 aromatic carbocycles. The molecular weight excluding hydrogens is 164 g/mol. The number of aliphatic hydroxyl groups is 2. The van der Waals surface area contributed by atoms with Crippen molar-refractivity contribution in [3.8, 4) is 0 Å². The zero-order valence-electron chi connectivity index (χ0n) is 6.36. The summed E-state index contributed by atoms with van der Waals surface area (Å²) in [7, 11) is 0.